The number of nitrogens with zero attached hydrogens (tertiary/aromatic N) is 1. The van der Waals surface area contributed by atoms with Crippen molar-refractivity contribution in [3.8, 4) is 5.75 Å². The summed E-state index contributed by atoms with van der Waals surface area (Å²) in [5, 5.41) is 0. The van der Waals surface area contributed by atoms with Crippen LogP contribution in [-0.2, 0) is 0 Å². The third-order valence-corrected chi connectivity index (χ3v) is 2.60. The second-order valence-electron chi connectivity index (χ2n) is 3.56. The van der Waals surface area contributed by atoms with Crippen LogP contribution in [0.15, 0.2) is 24.3 Å². The summed E-state index contributed by atoms with van der Waals surface area (Å²) in [6, 6.07) is 6.13. The van der Waals surface area contributed by atoms with Crippen LogP contribution < -0.4 is 15.4 Å². The SMILES string of the molecule is COc1ccc2c(c1)C=CCN2CCN. The van der Waals surface area contributed by atoms with Crippen LogP contribution in [0.5, 0.6) is 5.75 Å². The molecule has 0 spiro atoms. The number of fused-ring (bicyclic) bond motifs is 1. The lowest BCUT2D eigenvalue weighted by Gasteiger charge is -2.27. The molecule has 0 radical (unpaired) electrons. The van der Waals surface area contributed by atoms with E-state index in [9.17, 15) is 0 Å². The van der Waals surface area contributed by atoms with E-state index >= 15 is 0 Å². The number of hydrogen-bond acceptors (Lipinski definition) is 3. The smallest absolute Gasteiger partial charge is 0.119 e. The van der Waals surface area contributed by atoms with E-state index in [1.54, 1.807) is 7.11 Å². The van der Waals surface area contributed by atoms with Crippen LogP contribution in [0, 0.1) is 0 Å². The van der Waals surface area contributed by atoms with Crippen molar-refractivity contribution in [1.29, 1.82) is 0 Å². The first-order valence-corrected chi connectivity index (χ1v) is 5.14. The third-order valence-electron chi connectivity index (χ3n) is 2.60. The maximum absolute atomic E-state index is 5.58. The van der Waals surface area contributed by atoms with Gasteiger partial charge >= 0.3 is 0 Å². The van der Waals surface area contributed by atoms with E-state index in [-0.39, 0.29) is 0 Å². The Labute approximate surface area is 90.1 Å². The first kappa shape index (κ1) is 10.1. The van der Waals surface area contributed by atoms with Crippen LogP contribution in [0.1, 0.15) is 5.56 Å². The van der Waals surface area contributed by atoms with E-state index in [2.05, 4.69) is 29.2 Å². The molecule has 1 aliphatic rings. The summed E-state index contributed by atoms with van der Waals surface area (Å²) in [4.78, 5) is 2.27. The van der Waals surface area contributed by atoms with Crippen LogP contribution in [0.4, 0.5) is 5.69 Å². The molecule has 1 aliphatic heterocycles. The molecule has 0 bridgehead atoms. The van der Waals surface area contributed by atoms with E-state index in [1.807, 2.05) is 6.07 Å². The fourth-order valence-corrected chi connectivity index (χ4v) is 1.85. The highest BCUT2D eigenvalue weighted by Crippen LogP contribution is 2.29. The largest absolute Gasteiger partial charge is 0.497 e. The molecule has 2 N–H and O–H groups in total. The minimum atomic E-state index is 0.680. The summed E-state index contributed by atoms with van der Waals surface area (Å²) in [6.07, 6.45) is 4.28. The van der Waals surface area contributed by atoms with Crippen LogP contribution in [-0.4, -0.2) is 26.7 Å². The fourth-order valence-electron chi connectivity index (χ4n) is 1.85. The van der Waals surface area contributed by atoms with Crippen LogP contribution in [0.3, 0.4) is 0 Å². The number of methoxy groups -OCH3 is 1. The van der Waals surface area contributed by atoms with Gasteiger partial charge in [0.25, 0.3) is 0 Å². The molecule has 0 aromatic heterocycles. The number of hydrogen-bond donors (Lipinski definition) is 1. The van der Waals surface area contributed by atoms with E-state index in [1.165, 1.54) is 11.3 Å². The molecule has 80 valence electrons. The van der Waals surface area contributed by atoms with Gasteiger partial charge in [0, 0.05) is 30.9 Å². The van der Waals surface area contributed by atoms with Crippen LogP contribution in [0.25, 0.3) is 6.08 Å². The van der Waals surface area contributed by atoms with Crippen molar-refractivity contribution in [2.75, 3.05) is 31.6 Å². The maximum Gasteiger partial charge on any atom is 0.119 e. The Balaban J connectivity index is 2.33. The molecule has 1 aromatic rings. The lowest BCUT2D eigenvalue weighted by Crippen LogP contribution is -2.31. The molecule has 0 fully saturated rings. The average Bonchev–Trinajstić information content (AvgIpc) is 2.29. The maximum atomic E-state index is 5.58. The summed E-state index contributed by atoms with van der Waals surface area (Å²) in [6.45, 7) is 2.51. The Morgan fingerprint density at radius 2 is 2.33 bits per heavy atom. The molecule has 2 rings (SSSR count). The second kappa shape index (κ2) is 4.36. The number of ether oxygens (including phenoxy) is 1. The van der Waals surface area contributed by atoms with Gasteiger partial charge in [-0.15, -0.1) is 0 Å². The summed E-state index contributed by atoms with van der Waals surface area (Å²) < 4.78 is 5.20. The summed E-state index contributed by atoms with van der Waals surface area (Å²) in [5.74, 6) is 0.896. The lowest BCUT2D eigenvalue weighted by atomic mass is 10.1. The Bertz CT molecular complexity index is 374. The summed E-state index contributed by atoms with van der Waals surface area (Å²) in [7, 11) is 1.69. The van der Waals surface area contributed by atoms with Gasteiger partial charge in [-0.2, -0.15) is 0 Å². The fraction of sp³-hybridized carbons (Fsp3) is 0.333. The van der Waals surface area contributed by atoms with Gasteiger partial charge < -0.3 is 15.4 Å². The molecule has 3 nitrogen and oxygen atoms in total. The Morgan fingerprint density at radius 1 is 1.47 bits per heavy atom. The first-order valence-electron chi connectivity index (χ1n) is 5.14. The summed E-state index contributed by atoms with van der Waals surface area (Å²) in [5.41, 5.74) is 8.02. The highest BCUT2D eigenvalue weighted by atomic mass is 16.5. The standard InChI is InChI=1S/C12H16N2O/c1-15-11-4-5-12-10(9-11)3-2-7-14(12)8-6-13/h2-5,9H,6-8,13H2,1H3. The zero-order valence-corrected chi connectivity index (χ0v) is 8.94. The van der Waals surface area contributed by atoms with Crippen LogP contribution in [0.2, 0.25) is 0 Å². The van der Waals surface area contributed by atoms with Crippen molar-refractivity contribution in [2.24, 2.45) is 5.73 Å². The number of nitrogens with two attached hydrogens (primary N) is 1. The van der Waals surface area contributed by atoms with E-state index in [0.29, 0.717) is 6.54 Å². The molecule has 0 saturated carbocycles. The van der Waals surface area contributed by atoms with Crippen molar-refractivity contribution < 1.29 is 4.74 Å². The van der Waals surface area contributed by atoms with Gasteiger partial charge in [0.15, 0.2) is 0 Å². The Kier molecular flexibility index (Phi) is 2.92. The van der Waals surface area contributed by atoms with Gasteiger partial charge in [0.2, 0.25) is 0 Å². The molecular formula is C12H16N2O. The van der Waals surface area contributed by atoms with Crippen LogP contribution >= 0.6 is 0 Å². The van der Waals surface area contributed by atoms with Gasteiger partial charge in [-0.05, 0) is 18.2 Å². The highest BCUT2D eigenvalue weighted by molar-refractivity contribution is 5.72. The minimum Gasteiger partial charge on any atom is -0.497 e. The molecule has 1 heterocycles. The van der Waals surface area contributed by atoms with E-state index < -0.39 is 0 Å². The lowest BCUT2D eigenvalue weighted by molar-refractivity contribution is 0.414. The van der Waals surface area contributed by atoms with Gasteiger partial charge in [-0.25, -0.2) is 0 Å². The second-order valence-corrected chi connectivity index (χ2v) is 3.56. The quantitative estimate of drug-likeness (QED) is 0.810. The molecule has 15 heavy (non-hydrogen) atoms. The van der Waals surface area contributed by atoms with Gasteiger partial charge in [-0.3, -0.25) is 0 Å². The predicted octanol–water partition coefficient (Wildman–Crippen LogP) is 1.49. The molecule has 3 heteroatoms. The number of benzene rings is 1. The van der Waals surface area contributed by atoms with Gasteiger partial charge in [0.1, 0.15) is 5.75 Å². The van der Waals surface area contributed by atoms with Crippen molar-refractivity contribution in [1.82, 2.24) is 0 Å². The van der Waals surface area contributed by atoms with Crippen molar-refractivity contribution in [3.63, 3.8) is 0 Å². The van der Waals surface area contributed by atoms with E-state index in [0.717, 1.165) is 18.8 Å². The molecule has 0 aliphatic carbocycles. The van der Waals surface area contributed by atoms with Gasteiger partial charge in [-0.1, -0.05) is 12.2 Å². The monoisotopic (exact) mass is 204 g/mol. The average molecular weight is 204 g/mol. The Hall–Kier alpha value is -1.48. The van der Waals surface area contributed by atoms with Crippen molar-refractivity contribution >= 4 is 11.8 Å². The van der Waals surface area contributed by atoms with Crippen molar-refractivity contribution in [2.45, 2.75) is 0 Å². The molecule has 0 unspecified atom stereocenters. The molecule has 0 saturated heterocycles. The zero-order chi connectivity index (χ0) is 10.7. The minimum absolute atomic E-state index is 0.680. The molecule has 1 aromatic carbocycles. The third kappa shape index (κ3) is 1.97. The number of rotatable bonds is 3. The zero-order valence-electron chi connectivity index (χ0n) is 8.94. The van der Waals surface area contributed by atoms with Crippen molar-refractivity contribution in [3.05, 3.63) is 29.8 Å². The van der Waals surface area contributed by atoms with Gasteiger partial charge in [0.05, 0.1) is 7.11 Å². The molecule has 0 atom stereocenters. The van der Waals surface area contributed by atoms with E-state index in [4.69, 9.17) is 10.5 Å². The number of anilines is 1. The predicted molar refractivity (Wildman–Crippen MR) is 63.3 cm³/mol. The topological polar surface area (TPSA) is 38.5 Å². The highest BCUT2D eigenvalue weighted by Gasteiger charge is 2.12. The summed E-state index contributed by atoms with van der Waals surface area (Å²) >= 11 is 0. The first-order chi connectivity index (χ1) is 7.35. The molecular weight excluding hydrogens is 188 g/mol. The molecule has 0 amide bonds. The Morgan fingerprint density at radius 3 is 3.07 bits per heavy atom. The normalized spacial score (nSPS) is 13.9.